The Morgan fingerprint density at radius 2 is 1.40 bits per heavy atom. The third kappa shape index (κ3) is 4.30. The number of rotatable bonds is 2. The van der Waals surface area contributed by atoms with Crippen molar-refractivity contribution in [2.45, 2.75) is 33.6 Å². The fourth-order valence-corrected chi connectivity index (χ4v) is 3.18. The molecule has 0 radical (unpaired) electrons. The minimum absolute atomic E-state index is 0.142. The van der Waals surface area contributed by atoms with E-state index >= 15 is 0 Å². The fraction of sp³-hybridized carbons (Fsp3) is 0.318. The summed E-state index contributed by atoms with van der Waals surface area (Å²) in [5, 5.41) is 0. The van der Waals surface area contributed by atoms with Gasteiger partial charge in [0.05, 0.1) is 0 Å². The SMILES string of the molecule is CC(C)(C)C1CC(=Cc2cccnc2)C(=O)C(=Cc2cccnc2)C1. The monoisotopic (exact) mass is 332 g/mol. The van der Waals surface area contributed by atoms with Gasteiger partial charge in [-0.3, -0.25) is 14.8 Å². The van der Waals surface area contributed by atoms with Crippen molar-refractivity contribution < 1.29 is 4.79 Å². The first-order valence-corrected chi connectivity index (χ1v) is 8.69. The van der Waals surface area contributed by atoms with Crippen LogP contribution in [0.15, 0.2) is 60.2 Å². The first-order valence-electron chi connectivity index (χ1n) is 8.69. The molecule has 0 aliphatic heterocycles. The number of allylic oxidation sites excluding steroid dienone is 2. The molecule has 0 spiro atoms. The molecule has 2 heterocycles. The Balaban J connectivity index is 2.00. The Labute approximate surface area is 149 Å². The normalized spacial score (nSPS) is 21.7. The van der Waals surface area contributed by atoms with Gasteiger partial charge >= 0.3 is 0 Å². The van der Waals surface area contributed by atoms with Gasteiger partial charge in [0.25, 0.3) is 0 Å². The van der Waals surface area contributed by atoms with Crippen LogP contribution in [0, 0.1) is 11.3 Å². The zero-order valence-electron chi connectivity index (χ0n) is 15.1. The van der Waals surface area contributed by atoms with Gasteiger partial charge in [0.2, 0.25) is 0 Å². The lowest BCUT2D eigenvalue weighted by molar-refractivity contribution is -0.113. The van der Waals surface area contributed by atoms with Crippen LogP contribution in [0.1, 0.15) is 44.7 Å². The lowest BCUT2D eigenvalue weighted by Gasteiger charge is -2.35. The molecule has 0 saturated heterocycles. The smallest absolute Gasteiger partial charge is 0.185 e. The number of carbonyl (C=O) groups excluding carboxylic acids is 1. The molecule has 0 bridgehead atoms. The van der Waals surface area contributed by atoms with Gasteiger partial charge in [0.1, 0.15) is 0 Å². The van der Waals surface area contributed by atoms with Crippen molar-refractivity contribution in [1.29, 1.82) is 0 Å². The molecule has 3 nitrogen and oxygen atoms in total. The van der Waals surface area contributed by atoms with Crippen LogP contribution in [0.5, 0.6) is 0 Å². The van der Waals surface area contributed by atoms with E-state index in [2.05, 4.69) is 30.7 Å². The minimum atomic E-state index is 0.142. The van der Waals surface area contributed by atoms with Crippen LogP contribution in [0.3, 0.4) is 0 Å². The summed E-state index contributed by atoms with van der Waals surface area (Å²) in [6.45, 7) is 6.74. The Kier molecular flexibility index (Phi) is 4.93. The van der Waals surface area contributed by atoms with Crippen LogP contribution in [-0.4, -0.2) is 15.8 Å². The van der Waals surface area contributed by atoms with E-state index < -0.39 is 0 Å². The Hall–Kier alpha value is -2.55. The van der Waals surface area contributed by atoms with Gasteiger partial charge in [-0.25, -0.2) is 0 Å². The average Bonchev–Trinajstić information content (AvgIpc) is 2.59. The highest BCUT2D eigenvalue weighted by Crippen LogP contribution is 2.41. The molecule has 1 saturated carbocycles. The summed E-state index contributed by atoms with van der Waals surface area (Å²) in [4.78, 5) is 21.3. The summed E-state index contributed by atoms with van der Waals surface area (Å²) in [5.41, 5.74) is 3.83. The molecule has 1 aliphatic carbocycles. The van der Waals surface area contributed by atoms with Crippen LogP contribution in [-0.2, 0) is 4.79 Å². The van der Waals surface area contributed by atoms with Crippen molar-refractivity contribution >= 4 is 17.9 Å². The zero-order chi connectivity index (χ0) is 17.9. The molecule has 3 rings (SSSR count). The van der Waals surface area contributed by atoms with Crippen molar-refractivity contribution in [3.8, 4) is 0 Å². The summed E-state index contributed by atoms with van der Waals surface area (Å²) in [6, 6.07) is 7.76. The van der Waals surface area contributed by atoms with E-state index in [0.717, 1.165) is 35.1 Å². The second-order valence-corrected chi connectivity index (χ2v) is 7.71. The minimum Gasteiger partial charge on any atom is -0.289 e. The molecule has 0 N–H and O–H groups in total. The lowest BCUT2D eigenvalue weighted by Crippen LogP contribution is -2.29. The van der Waals surface area contributed by atoms with E-state index in [1.54, 1.807) is 24.8 Å². The van der Waals surface area contributed by atoms with Gasteiger partial charge < -0.3 is 0 Å². The summed E-state index contributed by atoms with van der Waals surface area (Å²) < 4.78 is 0. The predicted molar refractivity (Wildman–Crippen MR) is 102 cm³/mol. The third-order valence-electron chi connectivity index (χ3n) is 4.79. The van der Waals surface area contributed by atoms with Crippen molar-refractivity contribution in [3.63, 3.8) is 0 Å². The lowest BCUT2D eigenvalue weighted by atomic mass is 9.68. The molecule has 2 aromatic rings. The summed E-state index contributed by atoms with van der Waals surface area (Å²) in [5.74, 6) is 0.573. The number of hydrogen-bond acceptors (Lipinski definition) is 3. The van der Waals surface area contributed by atoms with Gasteiger partial charge in [0, 0.05) is 35.9 Å². The number of Topliss-reactive ketones (excluding diaryl/α,β-unsaturated/α-hetero) is 1. The number of nitrogens with zero attached hydrogens (tertiary/aromatic N) is 2. The van der Waals surface area contributed by atoms with Crippen molar-refractivity contribution in [3.05, 3.63) is 71.3 Å². The summed E-state index contributed by atoms with van der Waals surface area (Å²) >= 11 is 0. The maximum Gasteiger partial charge on any atom is 0.185 e. The Morgan fingerprint density at radius 1 is 0.920 bits per heavy atom. The molecule has 0 aromatic carbocycles. The largest absolute Gasteiger partial charge is 0.289 e. The maximum absolute atomic E-state index is 13.0. The number of carbonyl (C=O) groups is 1. The second kappa shape index (κ2) is 7.14. The molecular formula is C22H24N2O. The van der Waals surface area contributed by atoms with E-state index in [1.165, 1.54) is 0 Å². The molecule has 3 heteroatoms. The molecule has 1 fully saturated rings. The van der Waals surface area contributed by atoms with Gasteiger partial charge in [-0.2, -0.15) is 0 Å². The van der Waals surface area contributed by atoms with Crippen LogP contribution < -0.4 is 0 Å². The van der Waals surface area contributed by atoms with Crippen LogP contribution in [0.25, 0.3) is 12.2 Å². The predicted octanol–water partition coefficient (Wildman–Crippen LogP) is 4.97. The maximum atomic E-state index is 13.0. The number of ketones is 1. The van der Waals surface area contributed by atoms with Crippen molar-refractivity contribution in [2.24, 2.45) is 11.3 Å². The van der Waals surface area contributed by atoms with Crippen molar-refractivity contribution in [2.75, 3.05) is 0 Å². The number of pyridine rings is 2. The molecular weight excluding hydrogens is 308 g/mol. The number of hydrogen-bond donors (Lipinski definition) is 0. The standard InChI is InChI=1S/C22H24N2O/c1-22(2,3)20-12-18(10-16-6-4-8-23-14-16)21(25)19(13-20)11-17-7-5-9-24-15-17/h4-11,14-15,20H,12-13H2,1-3H3. The van der Waals surface area contributed by atoms with Gasteiger partial charge in [-0.1, -0.05) is 32.9 Å². The Bertz CT molecular complexity index is 737. The molecule has 2 aromatic heterocycles. The van der Waals surface area contributed by atoms with E-state index in [0.29, 0.717) is 5.92 Å². The topological polar surface area (TPSA) is 42.9 Å². The Morgan fingerprint density at radius 3 is 1.76 bits per heavy atom. The molecule has 1 aliphatic rings. The first kappa shape index (κ1) is 17.3. The first-order chi connectivity index (χ1) is 11.9. The highest BCUT2D eigenvalue weighted by molar-refractivity contribution is 6.14. The summed E-state index contributed by atoms with van der Waals surface area (Å²) in [6.07, 6.45) is 12.7. The summed E-state index contributed by atoms with van der Waals surface area (Å²) in [7, 11) is 0. The van der Waals surface area contributed by atoms with Gasteiger partial charge in [-0.05, 0) is 59.6 Å². The highest BCUT2D eigenvalue weighted by atomic mass is 16.1. The van der Waals surface area contributed by atoms with Crippen LogP contribution >= 0.6 is 0 Å². The zero-order valence-corrected chi connectivity index (χ0v) is 15.1. The van der Waals surface area contributed by atoms with E-state index in [-0.39, 0.29) is 11.2 Å². The molecule has 128 valence electrons. The van der Waals surface area contributed by atoms with Crippen molar-refractivity contribution in [1.82, 2.24) is 9.97 Å². The second-order valence-electron chi connectivity index (χ2n) is 7.71. The quantitative estimate of drug-likeness (QED) is 0.729. The molecule has 25 heavy (non-hydrogen) atoms. The van der Waals surface area contributed by atoms with E-state index in [4.69, 9.17) is 0 Å². The van der Waals surface area contributed by atoms with Gasteiger partial charge in [0.15, 0.2) is 5.78 Å². The average molecular weight is 332 g/mol. The molecule has 0 amide bonds. The fourth-order valence-electron chi connectivity index (χ4n) is 3.18. The van der Waals surface area contributed by atoms with E-state index in [1.807, 2.05) is 36.4 Å². The molecule has 0 atom stereocenters. The van der Waals surface area contributed by atoms with Crippen LogP contribution in [0.4, 0.5) is 0 Å². The third-order valence-corrected chi connectivity index (χ3v) is 4.79. The highest BCUT2D eigenvalue weighted by Gasteiger charge is 2.34. The van der Waals surface area contributed by atoms with Crippen LogP contribution in [0.2, 0.25) is 0 Å². The number of aromatic nitrogens is 2. The van der Waals surface area contributed by atoms with Gasteiger partial charge in [-0.15, -0.1) is 0 Å². The van der Waals surface area contributed by atoms with E-state index in [9.17, 15) is 4.79 Å². The molecule has 0 unspecified atom stereocenters.